The zero-order chi connectivity index (χ0) is 17.3. The molecule has 0 aliphatic rings. The van der Waals surface area contributed by atoms with Crippen LogP contribution in [0.3, 0.4) is 0 Å². The third-order valence-corrected chi connectivity index (χ3v) is 4.21. The number of rotatable bonds is 3. The summed E-state index contributed by atoms with van der Waals surface area (Å²) < 4.78 is 0. The lowest BCUT2D eigenvalue weighted by atomic mass is 10.1. The zero-order valence-corrected chi connectivity index (χ0v) is 13.8. The Balaban J connectivity index is 2.12. The Labute approximate surface area is 147 Å². The van der Waals surface area contributed by atoms with Gasteiger partial charge >= 0.3 is 5.97 Å². The highest BCUT2D eigenvalue weighted by atomic mass is 35.5. The molecule has 0 saturated heterocycles. The molecule has 2 N–H and O–H groups in total. The van der Waals surface area contributed by atoms with Gasteiger partial charge in [-0.25, -0.2) is 4.79 Å². The first kappa shape index (κ1) is 16.3. The lowest BCUT2D eigenvalue weighted by molar-refractivity contribution is 0.0693. The summed E-state index contributed by atoms with van der Waals surface area (Å²) in [7, 11) is 0. The van der Waals surface area contributed by atoms with E-state index in [-0.39, 0.29) is 32.6 Å². The molecule has 0 radical (unpaired) electrons. The first-order valence-corrected chi connectivity index (χ1v) is 7.69. The number of hydrogen-bond acceptors (Lipinski definition) is 5. The van der Waals surface area contributed by atoms with Gasteiger partial charge in [-0.2, -0.15) is 0 Å². The summed E-state index contributed by atoms with van der Waals surface area (Å²) in [4.78, 5) is 11.5. The number of phenols is 1. The second-order valence-corrected chi connectivity index (χ2v) is 5.81. The highest BCUT2D eigenvalue weighted by Gasteiger charge is 2.16. The number of azo groups is 1. The number of carboxylic acid groups (broad SMARTS) is 1. The van der Waals surface area contributed by atoms with Crippen molar-refractivity contribution in [2.45, 2.75) is 4.90 Å². The van der Waals surface area contributed by atoms with Crippen LogP contribution in [0.4, 0.5) is 11.4 Å². The molecule has 0 aliphatic carbocycles. The smallest absolute Gasteiger partial charge is 0.338 e. The quantitative estimate of drug-likeness (QED) is 0.421. The van der Waals surface area contributed by atoms with Gasteiger partial charge in [0, 0.05) is 10.3 Å². The van der Waals surface area contributed by atoms with E-state index in [4.69, 9.17) is 11.6 Å². The van der Waals surface area contributed by atoms with Gasteiger partial charge in [-0.1, -0.05) is 41.9 Å². The standard InChI is InChI=1S/C17H11ClN2O3S/c18-15-11(6-8-13(24)14(15)17(22)23)19-20-16-10-4-2-1-3-9(10)5-7-12(16)21/h1-8,21,24H,(H,22,23). The van der Waals surface area contributed by atoms with Gasteiger partial charge in [0.25, 0.3) is 0 Å². The molecular weight excluding hydrogens is 348 g/mol. The minimum atomic E-state index is -1.20. The Kier molecular flexibility index (Phi) is 4.42. The summed E-state index contributed by atoms with van der Waals surface area (Å²) >= 11 is 10.2. The van der Waals surface area contributed by atoms with Crippen molar-refractivity contribution in [1.29, 1.82) is 0 Å². The van der Waals surface area contributed by atoms with Crippen molar-refractivity contribution in [3.63, 3.8) is 0 Å². The van der Waals surface area contributed by atoms with E-state index in [0.717, 1.165) is 10.8 Å². The summed E-state index contributed by atoms with van der Waals surface area (Å²) in [5.74, 6) is -1.23. The van der Waals surface area contributed by atoms with Crippen LogP contribution in [0, 0.1) is 0 Å². The normalized spacial score (nSPS) is 11.2. The number of fused-ring (bicyclic) bond motifs is 1. The molecule has 0 aliphatic heterocycles. The number of nitrogens with zero attached hydrogens (tertiary/aromatic N) is 2. The fourth-order valence-corrected chi connectivity index (χ4v) is 2.92. The maximum atomic E-state index is 11.3. The molecule has 0 bridgehead atoms. The Hall–Kier alpha value is -2.57. The van der Waals surface area contributed by atoms with Crippen LogP contribution in [0.25, 0.3) is 10.8 Å². The van der Waals surface area contributed by atoms with Crippen molar-refractivity contribution in [2.75, 3.05) is 0 Å². The number of hydrogen-bond donors (Lipinski definition) is 3. The summed E-state index contributed by atoms with van der Waals surface area (Å²) in [6, 6.07) is 13.7. The van der Waals surface area contributed by atoms with E-state index in [1.54, 1.807) is 6.07 Å². The number of aromatic carboxylic acids is 1. The molecule has 0 spiro atoms. The number of carboxylic acids is 1. The van der Waals surface area contributed by atoms with Gasteiger partial charge < -0.3 is 10.2 Å². The van der Waals surface area contributed by atoms with Gasteiger partial charge in [-0.15, -0.1) is 22.9 Å². The lowest BCUT2D eigenvalue weighted by Gasteiger charge is -2.06. The predicted octanol–water partition coefficient (Wildman–Crippen LogP) is 5.60. The van der Waals surface area contributed by atoms with Crippen molar-refractivity contribution >= 4 is 52.3 Å². The molecule has 120 valence electrons. The number of benzene rings is 3. The van der Waals surface area contributed by atoms with Crippen LogP contribution >= 0.6 is 24.2 Å². The zero-order valence-electron chi connectivity index (χ0n) is 12.1. The molecule has 0 fully saturated rings. The summed E-state index contributed by atoms with van der Waals surface area (Å²) in [6.45, 7) is 0. The Morgan fingerprint density at radius 2 is 1.79 bits per heavy atom. The van der Waals surface area contributed by atoms with Crippen LogP contribution < -0.4 is 0 Å². The van der Waals surface area contributed by atoms with Crippen LogP contribution in [0.15, 0.2) is 63.7 Å². The summed E-state index contributed by atoms with van der Waals surface area (Å²) in [5.41, 5.74) is 0.328. The van der Waals surface area contributed by atoms with E-state index in [0.29, 0.717) is 0 Å². The second kappa shape index (κ2) is 6.51. The van der Waals surface area contributed by atoms with E-state index in [9.17, 15) is 15.0 Å². The van der Waals surface area contributed by atoms with Gasteiger partial charge in [-0.3, -0.25) is 0 Å². The van der Waals surface area contributed by atoms with Gasteiger partial charge in [0.1, 0.15) is 17.1 Å². The average molecular weight is 359 g/mol. The largest absolute Gasteiger partial charge is 0.506 e. The summed E-state index contributed by atoms with van der Waals surface area (Å²) in [6.07, 6.45) is 0. The molecule has 0 aromatic heterocycles. The van der Waals surface area contributed by atoms with E-state index < -0.39 is 5.97 Å². The molecule has 0 unspecified atom stereocenters. The van der Waals surface area contributed by atoms with Crippen LogP contribution in [0.1, 0.15) is 10.4 Å². The molecule has 0 saturated carbocycles. The number of aromatic hydroxyl groups is 1. The fourth-order valence-electron chi connectivity index (χ4n) is 2.29. The van der Waals surface area contributed by atoms with E-state index in [1.165, 1.54) is 18.2 Å². The molecule has 7 heteroatoms. The second-order valence-electron chi connectivity index (χ2n) is 4.95. The predicted molar refractivity (Wildman–Crippen MR) is 95.5 cm³/mol. The van der Waals surface area contributed by atoms with Crippen molar-refractivity contribution in [1.82, 2.24) is 0 Å². The number of carbonyl (C=O) groups is 1. The highest BCUT2D eigenvalue weighted by molar-refractivity contribution is 7.80. The van der Waals surface area contributed by atoms with Crippen molar-refractivity contribution in [3.05, 3.63) is 59.1 Å². The van der Waals surface area contributed by atoms with Crippen LogP contribution in [-0.2, 0) is 0 Å². The number of phenolic OH excluding ortho intramolecular Hbond substituents is 1. The minimum Gasteiger partial charge on any atom is -0.506 e. The maximum Gasteiger partial charge on any atom is 0.338 e. The Morgan fingerprint density at radius 3 is 2.54 bits per heavy atom. The molecule has 3 rings (SSSR count). The molecular formula is C17H11ClN2O3S. The topological polar surface area (TPSA) is 82.2 Å². The van der Waals surface area contributed by atoms with Gasteiger partial charge in [0.05, 0.1) is 10.6 Å². The number of halogens is 1. The minimum absolute atomic E-state index is 0.0298. The van der Waals surface area contributed by atoms with Crippen LogP contribution in [0.2, 0.25) is 5.02 Å². The monoisotopic (exact) mass is 358 g/mol. The van der Waals surface area contributed by atoms with Crippen LogP contribution in [-0.4, -0.2) is 16.2 Å². The van der Waals surface area contributed by atoms with Gasteiger partial charge in [0.15, 0.2) is 0 Å². The Morgan fingerprint density at radius 1 is 1.04 bits per heavy atom. The van der Waals surface area contributed by atoms with Gasteiger partial charge in [-0.05, 0) is 23.6 Å². The molecule has 0 amide bonds. The van der Waals surface area contributed by atoms with E-state index in [2.05, 4.69) is 22.9 Å². The number of thiol groups is 1. The van der Waals surface area contributed by atoms with E-state index >= 15 is 0 Å². The molecule has 0 atom stereocenters. The van der Waals surface area contributed by atoms with Crippen molar-refractivity contribution < 1.29 is 15.0 Å². The SMILES string of the molecule is O=C(O)c1c(S)ccc(N=Nc2c(O)ccc3ccccc23)c1Cl. The van der Waals surface area contributed by atoms with E-state index in [1.807, 2.05) is 24.3 Å². The van der Waals surface area contributed by atoms with Gasteiger partial charge in [0.2, 0.25) is 0 Å². The Bertz CT molecular complexity index is 989. The fraction of sp³-hybridized carbons (Fsp3) is 0. The van der Waals surface area contributed by atoms with Crippen LogP contribution in [0.5, 0.6) is 5.75 Å². The third-order valence-electron chi connectivity index (χ3n) is 3.45. The summed E-state index contributed by atoms with van der Waals surface area (Å²) in [5, 5.41) is 28.9. The highest BCUT2D eigenvalue weighted by Crippen LogP contribution is 2.38. The molecule has 5 nitrogen and oxygen atoms in total. The molecule has 0 heterocycles. The molecule has 3 aromatic rings. The maximum absolute atomic E-state index is 11.3. The first-order chi connectivity index (χ1) is 11.5. The first-order valence-electron chi connectivity index (χ1n) is 6.86. The lowest BCUT2D eigenvalue weighted by Crippen LogP contribution is -1.99. The molecule has 24 heavy (non-hydrogen) atoms. The average Bonchev–Trinajstić information content (AvgIpc) is 2.55. The van der Waals surface area contributed by atoms with Crippen molar-refractivity contribution in [2.24, 2.45) is 10.2 Å². The molecule has 3 aromatic carbocycles. The third kappa shape index (κ3) is 2.93. The van der Waals surface area contributed by atoms with Crippen molar-refractivity contribution in [3.8, 4) is 5.75 Å².